The summed E-state index contributed by atoms with van der Waals surface area (Å²) in [6.07, 6.45) is -14.6. The Hall–Kier alpha value is -0.530. The molecular weight excluding hydrogens is 209 g/mol. The Morgan fingerprint density at radius 3 is 1.38 bits per heavy atom. The van der Waals surface area contributed by atoms with Gasteiger partial charge in [-0.25, -0.2) is 0 Å². The zero-order valence-corrected chi connectivity index (χ0v) is 6.01. The van der Waals surface area contributed by atoms with Crippen LogP contribution in [0.4, 0.5) is 30.7 Å². The van der Waals surface area contributed by atoms with Gasteiger partial charge in [0.15, 0.2) is 0 Å². The van der Waals surface area contributed by atoms with Crippen molar-refractivity contribution in [3.63, 3.8) is 0 Å². The fraction of sp³-hybridized carbons (Fsp3) is 1.00. The van der Waals surface area contributed by atoms with E-state index in [1.165, 1.54) is 0 Å². The summed E-state index contributed by atoms with van der Waals surface area (Å²) in [4.78, 5) is 0. The molecule has 0 heterocycles. The minimum Gasteiger partial charge on any atom is -0.332 e. The molecule has 0 aliphatic heterocycles. The monoisotopic (exact) mass is 214 g/mol. The molecule has 0 fully saturated rings. The molecule has 0 aliphatic rings. The van der Waals surface area contributed by atoms with Crippen LogP contribution in [0, 0.1) is 0 Å². The molecule has 0 radical (unpaired) electrons. The second kappa shape index (κ2) is 3.32. The minimum atomic E-state index is -5.42. The molecule has 0 aromatic rings. The van der Waals surface area contributed by atoms with Gasteiger partial charge in [-0.15, -0.1) is 0 Å². The summed E-state index contributed by atoms with van der Waals surface area (Å²) in [5.41, 5.74) is 0. The van der Waals surface area contributed by atoms with Crippen LogP contribution in [0.3, 0.4) is 0 Å². The van der Waals surface area contributed by atoms with Crippen molar-refractivity contribution in [3.8, 4) is 0 Å². The molecule has 0 amide bonds. The Labute approximate surface area is 68.2 Å². The summed E-state index contributed by atoms with van der Waals surface area (Å²) >= 11 is 0. The SMILES string of the molecule is OC(F)(F)C(F)(F)CCC(F)(F)F. The maximum Gasteiger partial charge on any atom is 0.416 e. The van der Waals surface area contributed by atoms with Gasteiger partial charge in [-0.2, -0.15) is 30.7 Å². The molecule has 0 aliphatic carbocycles. The fourth-order valence-electron chi connectivity index (χ4n) is 0.449. The largest absolute Gasteiger partial charge is 0.416 e. The first-order valence-corrected chi connectivity index (χ1v) is 3.00. The highest BCUT2D eigenvalue weighted by Crippen LogP contribution is 2.38. The second-order valence-corrected chi connectivity index (χ2v) is 2.36. The molecule has 1 nitrogen and oxygen atoms in total. The van der Waals surface area contributed by atoms with E-state index in [2.05, 4.69) is 0 Å². The molecule has 0 bridgehead atoms. The first kappa shape index (κ1) is 12.5. The van der Waals surface area contributed by atoms with E-state index >= 15 is 0 Å². The van der Waals surface area contributed by atoms with Gasteiger partial charge in [-0.1, -0.05) is 0 Å². The number of halogens is 7. The summed E-state index contributed by atoms with van der Waals surface area (Å²) in [5.74, 6) is -5.05. The third kappa shape index (κ3) is 4.30. The van der Waals surface area contributed by atoms with E-state index in [0.717, 1.165) is 0 Å². The maximum atomic E-state index is 12.0. The summed E-state index contributed by atoms with van der Waals surface area (Å²) in [6, 6.07) is 0. The smallest absolute Gasteiger partial charge is 0.332 e. The highest BCUT2D eigenvalue weighted by atomic mass is 19.4. The van der Waals surface area contributed by atoms with E-state index in [1.807, 2.05) is 0 Å². The summed E-state index contributed by atoms with van der Waals surface area (Å²) in [7, 11) is 0. The van der Waals surface area contributed by atoms with Crippen molar-refractivity contribution in [2.45, 2.75) is 31.0 Å². The van der Waals surface area contributed by atoms with Gasteiger partial charge in [-0.3, -0.25) is 0 Å². The highest BCUT2D eigenvalue weighted by molar-refractivity contribution is 4.76. The van der Waals surface area contributed by atoms with E-state index in [4.69, 9.17) is 5.11 Å². The zero-order chi connectivity index (χ0) is 10.9. The molecule has 0 rings (SSSR count). The van der Waals surface area contributed by atoms with Crippen LogP contribution >= 0.6 is 0 Å². The fourth-order valence-corrected chi connectivity index (χ4v) is 0.449. The van der Waals surface area contributed by atoms with Crippen molar-refractivity contribution in [1.82, 2.24) is 0 Å². The predicted octanol–water partition coefficient (Wildman–Crippen LogP) is 2.55. The Morgan fingerprint density at radius 2 is 1.15 bits per heavy atom. The summed E-state index contributed by atoms with van der Waals surface area (Å²) in [5, 5.41) is 7.49. The molecule has 0 spiro atoms. The lowest BCUT2D eigenvalue weighted by Crippen LogP contribution is -2.40. The van der Waals surface area contributed by atoms with Crippen molar-refractivity contribution in [2.75, 3.05) is 0 Å². The van der Waals surface area contributed by atoms with Crippen LogP contribution in [0.5, 0.6) is 0 Å². The van der Waals surface area contributed by atoms with Gasteiger partial charge in [0.25, 0.3) is 0 Å². The van der Waals surface area contributed by atoms with Gasteiger partial charge in [0.1, 0.15) is 0 Å². The van der Waals surface area contributed by atoms with Crippen LogP contribution in [-0.4, -0.2) is 23.3 Å². The van der Waals surface area contributed by atoms with Crippen molar-refractivity contribution >= 4 is 0 Å². The van der Waals surface area contributed by atoms with Crippen LogP contribution in [-0.2, 0) is 0 Å². The number of hydrogen-bond acceptors (Lipinski definition) is 1. The van der Waals surface area contributed by atoms with E-state index in [0.29, 0.717) is 0 Å². The number of aliphatic hydroxyl groups is 1. The number of alkyl halides is 7. The lowest BCUT2D eigenvalue weighted by molar-refractivity contribution is -0.331. The van der Waals surface area contributed by atoms with Crippen molar-refractivity contribution in [2.24, 2.45) is 0 Å². The molecule has 0 unspecified atom stereocenters. The molecule has 8 heteroatoms. The van der Waals surface area contributed by atoms with E-state index < -0.39 is 31.0 Å². The van der Waals surface area contributed by atoms with Crippen molar-refractivity contribution < 1.29 is 35.8 Å². The Morgan fingerprint density at radius 1 is 0.769 bits per heavy atom. The van der Waals surface area contributed by atoms with Gasteiger partial charge < -0.3 is 5.11 Å². The van der Waals surface area contributed by atoms with Crippen LogP contribution in [0.25, 0.3) is 0 Å². The van der Waals surface area contributed by atoms with Gasteiger partial charge >= 0.3 is 18.2 Å². The van der Waals surface area contributed by atoms with E-state index in [-0.39, 0.29) is 0 Å². The first-order valence-electron chi connectivity index (χ1n) is 3.00. The molecule has 13 heavy (non-hydrogen) atoms. The molecule has 1 N–H and O–H groups in total. The number of rotatable bonds is 3. The minimum absolute atomic E-state index is 2.07. The van der Waals surface area contributed by atoms with Gasteiger partial charge in [0, 0.05) is 12.8 Å². The van der Waals surface area contributed by atoms with Crippen LogP contribution in [0.2, 0.25) is 0 Å². The third-order valence-electron chi connectivity index (χ3n) is 1.16. The van der Waals surface area contributed by atoms with Gasteiger partial charge in [-0.05, 0) is 0 Å². The number of hydrogen-bond donors (Lipinski definition) is 1. The van der Waals surface area contributed by atoms with E-state index in [9.17, 15) is 30.7 Å². The molecular formula is C5H5F7O. The predicted molar refractivity (Wildman–Crippen MR) is 27.4 cm³/mol. The normalized spacial score (nSPS) is 14.8. The third-order valence-corrected chi connectivity index (χ3v) is 1.16. The molecule has 0 aromatic carbocycles. The summed E-state index contributed by atoms with van der Waals surface area (Å²) < 4.78 is 80.9. The topological polar surface area (TPSA) is 20.2 Å². The summed E-state index contributed by atoms with van der Waals surface area (Å²) in [6.45, 7) is 0. The molecule has 0 saturated heterocycles. The molecule has 0 aromatic heterocycles. The molecule has 0 atom stereocenters. The average molecular weight is 214 g/mol. The van der Waals surface area contributed by atoms with Gasteiger partial charge in [0.05, 0.1) is 0 Å². The maximum absolute atomic E-state index is 12.0. The first-order chi connectivity index (χ1) is 5.46. The van der Waals surface area contributed by atoms with Crippen LogP contribution < -0.4 is 0 Å². The van der Waals surface area contributed by atoms with Crippen molar-refractivity contribution in [1.29, 1.82) is 0 Å². The Kier molecular flexibility index (Phi) is 3.18. The Bertz CT molecular complexity index is 167. The standard InChI is InChI=1S/C5H5F7O/c6-3(7,5(11,12)13)1-2-4(8,9)10/h13H,1-2H2. The van der Waals surface area contributed by atoms with Crippen LogP contribution in [0.1, 0.15) is 12.8 Å². The van der Waals surface area contributed by atoms with Gasteiger partial charge in [0.2, 0.25) is 0 Å². The van der Waals surface area contributed by atoms with Crippen molar-refractivity contribution in [3.05, 3.63) is 0 Å². The molecule has 80 valence electrons. The van der Waals surface area contributed by atoms with Crippen LogP contribution in [0.15, 0.2) is 0 Å². The lowest BCUT2D eigenvalue weighted by Gasteiger charge is -2.21. The molecule has 0 saturated carbocycles. The second-order valence-electron chi connectivity index (χ2n) is 2.36. The quantitative estimate of drug-likeness (QED) is 0.715. The van der Waals surface area contributed by atoms with E-state index in [1.54, 1.807) is 0 Å². The zero-order valence-electron chi connectivity index (χ0n) is 6.01. The highest BCUT2D eigenvalue weighted by Gasteiger charge is 2.56. The average Bonchev–Trinajstić information content (AvgIpc) is 1.79. The Balaban J connectivity index is 4.21. The lowest BCUT2D eigenvalue weighted by atomic mass is 10.1.